The first-order valence-electron chi connectivity index (χ1n) is 11.7. The van der Waals surface area contributed by atoms with Crippen LogP contribution < -0.4 is 10.1 Å². The van der Waals surface area contributed by atoms with Crippen molar-refractivity contribution in [3.8, 4) is 5.75 Å². The first kappa shape index (κ1) is 24.5. The first-order valence-corrected chi connectivity index (χ1v) is 13.6. The van der Waals surface area contributed by atoms with Gasteiger partial charge in [-0.15, -0.1) is 0 Å². The molecule has 3 heterocycles. The molecule has 3 N–H and O–H groups in total. The van der Waals surface area contributed by atoms with Crippen molar-refractivity contribution in [1.82, 2.24) is 14.2 Å². The summed E-state index contributed by atoms with van der Waals surface area (Å²) in [6, 6.07) is 10.1. The van der Waals surface area contributed by atoms with Crippen molar-refractivity contribution in [2.75, 3.05) is 44.9 Å². The summed E-state index contributed by atoms with van der Waals surface area (Å²) in [4.78, 5) is 18.5. The van der Waals surface area contributed by atoms with E-state index in [0.717, 1.165) is 22.2 Å². The molecular formula is C25H29FN4O5S. The lowest BCUT2D eigenvalue weighted by Gasteiger charge is -2.49. The third-order valence-corrected chi connectivity index (χ3v) is 8.73. The molecule has 2 aromatic carbocycles. The molecule has 0 aliphatic carbocycles. The van der Waals surface area contributed by atoms with Crippen molar-refractivity contribution >= 4 is 32.6 Å². The Labute approximate surface area is 208 Å². The monoisotopic (exact) mass is 516 g/mol. The maximum Gasteiger partial charge on any atom is 0.322 e. The number of anilines is 1. The number of amides is 2. The topological polar surface area (TPSA) is 115 Å². The molecule has 11 heteroatoms. The molecule has 3 aromatic rings. The highest BCUT2D eigenvalue weighted by molar-refractivity contribution is 7.88. The number of nitrogens with one attached hydrogen (secondary N) is 2. The number of rotatable bonds is 4. The van der Waals surface area contributed by atoms with Gasteiger partial charge in [0.05, 0.1) is 26.0 Å². The standard InChI is InChI=1S/C25H29FN4O5S/c1-35-18-7-8-19-20(13-18)28-23-21(14-31)30(24(32)27-17-5-3-16(26)4-6-17)15-25(22(19)23)9-11-29(12-10-25)36(2,33)34/h3-8,13,21,28,31H,9-12,14-15H2,1-2H3,(H,27,32)/t21-/m0/s1. The van der Waals surface area contributed by atoms with Crippen LogP contribution in [0.25, 0.3) is 10.9 Å². The second-order valence-electron chi connectivity index (χ2n) is 9.53. The number of nitrogens with zero attached hydrogens (tertiary/aromatic N) is 2. The number of sulfonamides is 1. The highest BCUT2D eigenvalue weighted by Gasteiger charge is 2.49. The average molecular weight is 517 g/mol. The van der Waals surface area contributed by atoms with Crippen LogP contribution >= 0.6 is 0 Å². The first-order chi connectivity index (χ1) is 17.1. The Morgan fingerprint density at radius 1 is 1.22 bits per heavy atom. The molecule has 1 aromatic heterocycles. The fraction of sp³-hybridized carbons (Fsp3) is 0.400. The van der Waals surface area contributed by atoms with Crippen LogP contribution in [0.1, 0.15) is 30.1 Å². The van der Waals surface area contributed by atoms with E-state index >= 15 is 0 Å². The van der Waals surface area contributed by atoms with Gasteiger partial charge in [-0.05, 0) is 54.8 Å². The number of ether oxygens (including phenoxy) is 1. The molecule has 0 bridgehead atoms. The fourth-order valence-corrected chi connectivity index (χ4v) is 6.45. The predicted octanol–water partition coefficient (Wildman–Crippen LogP) is 3.19. The zero-order valence-electron chi connectivity index (χ0n) is 20.1. The van der Waals surface area contributed by atoms with E-state index in [0.29, 0.717) is 43.9 Å². The zero-order chi connectivity index (χ0) is 25.7. The molecule has 5 rings (SSSR count). The van der Waals surface area contributed by atoms with Crippen LogP contribution in [0, 0.1) is 5.82 Å². The Morgan fingerprint density at radius 2 is 1.92 bits per heavy atom. The highest BCUT2D eigenvalue weighted by atomic mass is 32.2. The number of carbonyl (C=O) groups excluding carboxylic acids is 1. The van der Waals surface area contributed by atoms with Gasteiger partial charge in [-0.25, -0.2) is 21.9 Å². The lowest BCUT2D eigenvalue weighted by molar-refractivity contribution is 0.0861. The van der Waals surface area contributed by atoms with Crippen LogP contribution in [-0.2, 0) is 15.4 Å². The number of fused-ring (bicyclic) bond motifs is 4. The Morgan fingerprint density at radius 3 is 2.53 bits per heavy atom. The van der Waals surface area contributed by atoms with E-state index in [-0.39, 0.29) is 6.61 Å². The van der Waals surface area contributed by atoms with Gasteiger partial charge in [0.15, 0.2) is 0 Å². The quantitative estimate of drug-likeness (QED) is 0.493. The molecule has 1 fully saturated rings. The largest absolute Gasteiger partial charge is 0.497 e. The zero-order valence-corrected chi connectivity index (χ0v) is 20.9. The molecule has 192 valence electrons. The molecule has 0 unspecified atom stereocenters. The number of carbonyl (C=O) groups is 1. The minimum absolute atomic E-state index is 0.300. The van der Waals surface area contributed by atoms with Gasteiger partial charge in [0.2, 0.25) is 10.0 Å². The van der Waals surface area contributed by atoms with Crippen molar-refractivity contribution in [2.24, 2.45) is 0 Å². The van der Waals surface area contributed by atoms with E-state index in [1.165, 1.54) is 34.8 Å². The van der Waals surface area contributed by atoms with Crippen molar-refractivity contribution < 1.29 is 27.4 Å². The number of hydrogen-bond acceptors (Lipinski definition) is 5. The van der Waals surface area contributed by atoms with Crippen LogP contribution in [0.2, 0.25) is 0 Å². The Hall–Kier alpha value is -3.15. The summed E-state index contributed by atoms with van der Waals surface area (Å²) < 4.78 is 44.6. The van der Waals surface area contributed by atoms with Gasteiger partial charge in [0, 0.05) is 53.4 Å². The van der Waals surface area contributed by atoms with Crippen LogP contribution in [0.4, 0.5) is 14.9 Å². The second kappa shape index (κ2) is 9.06. The van der Waals surface area contributed by atoms with Crippen LogP contribution in [0.5, 0.6) is 5.75 Å². The van der Waals surface area contributed by atoms with Gasteiger partial charge in [-0.1, -0.05) is 0 Å². The molecule has 2 aliphatic heterocycles. The van der Waals surface area contributed by atoms with Crippen molar-refractivity contribution in [1.29, 1.82) is 0 Å². The fourth-order valence-electron chi connectivity index (χ4n) is 5.60. The highest BCUT2D eigenvalue weighted by Crippen LogP contribution is 2.49. The SMILES string of the molecule is COc1ccc2c3c([nH]c2c1)[C@H](CO)N(C(=O)Nc1ccc(F)cc1)CC31CCN(S(C)(=O)=O)CC1. The summed E-state index contributed by atoms with van der Waals surface area (Å²) in [6.45, 7) is 0.658. The van der Waals surface area contributed by atoms with E-state index in [1.54, 1.807) is 12.0 Å². The van der Waals surface area contributed by atoms with E-state index in [2.05, 4.69) is 10.3 Å². The number of H-pyrrole nitrogens is 1. The number of halogens is 1. The minimum Gasteiger partial charge on any atom is -0.497 e. The van der Waals surface area contributed by atoms with Crippen LogP contribution in [-0.4, -0.2) is 73.4 Å². The summed E-state index contributed by atoms with van der Waals surface area (Å²) >= 11 is 0. The lowest BCUT2D eigenvalue weighted by Crippen LogP contribution is -2.56. The molecule has 2 aliphatic rings. The molecule has 2 amide bonds. The number of aliphatic hydroxyl groups excluding tert-OH is 1. The Kier molecular flexibility index (Phi) is 6.17. The molecule has 0 radical (unpaired) electrons. The van der Waals surface area contributed by atoms with E-state index in [1.807, 2.05) is 18.2 Å². The number of urea groups is 1. The predicted molar refractivity (Wildman–Crippen MR) is 134 cm³/mol. The molecule has 1 saturated heterocycles. The number of hydrogen-bond donors (Lipinski definition) is 3. The summed E-state index contributed by atoms with van der Waals surface area (Å²) in [5, 5.41) is 14.2. The van der Waals surface area contributed by atoms with Gasteiger partial charge in [0.25, 0.3) is 0 Å². The van der Waals surface area contributed by atoms with Crippen LogP contribution in [0.3, 0.4) is 0 Å². The summed E-state index contributed by atoms with van der Waals surface area (Å²) in [5.41, 5.74) is 2.48. The number of aromatic amines is 1. The third-order valence-electron chi connectivity index (χ3n) is 7.43. The Bertz CT molecular complexity index is 1400. The number of benzene rings is 2. The van der Waals surface area contributed by atoms with Gasteiger partial charge in [0.1, 0.15) is 11.6 Å². The molecular weight excluding hydrogens is 487 g/mol. The second-order valence-corrected chi connectivity index (χ2v) is 11.5. The summed E-state index contributed by atoms with van der Waals surface area (Å²) in [7, 11) is -1.75. The number of aromatic nitrogens is 1. The maximum atomic E-state index is 13.5. The van der Waals surface area contributed by atoms with Gasteiger partial charge in [-0.3, -0.25) is 0 Å². The molecule has 36 heavy (non-hydrogen) atoms. The average Bonchev–Trinajstić information content (AvgIpc) is 3.24. The number of methoxy groups -OCH3 is 1. The summed E-state index contributed by atoms with van der Waals surface area (Å²) in [6.07, 6.45) is 2.24. The molecule has 1 spiro atoms. The normalized spacial score (nSPS) is 19.9. The number of aliphatic hydroxyl groups is 1. The Balaban J connectivity index is 1.59. The smallest absolute Gasteiger partial charge is 0.322 e. The van der Waals surface area contributed by atoms with Gasteiger partial charge >= 0.3 is 6.03 Å². The van der Waals surface area contributed by atoms with E-state index in [4.69, 9.17) is 4.74 Å². The van der Waals surface area contributed by atoms with Crippen molar-refractivity contribution in [3.05, 3.63) is 59.5 Å². The molecule has 1 atom stereocenters. The summed E-state index contributed by atoms with van der Waals surface area (Å²) in [5.74, 6) is 0.266. The van der Waals surface area contributed by atoms with E-state index < -0.39 is 33.3 Å². The molecule has 9 nitrogen and oxygen atoms in total. The minimum atomic E-state index is -3.34. The molecule has 0 saturated carbocycles. The lowest BCUT2D eigenvalue weighted by atomic mass is 9.68. The number of piperidine rings is 1. The van der Waals surface area contributed by atoms with Gasteiger partial charge < -0.3 is 25.0 Å². The van der Waals surface area contributed by atoms with Crippen molar-refractivity contribution in [3.63, 3.8) is 0 Å². The van der Waals surface area contributed by atoms with Crippen LogP contribution in [0.15, 0.2) is 42.5 Å². The van der Waals surface area contributed by atoms with Gasteiger partial charge in [-0.2, -0.15) is 0 Å². The van der Waals surface area contributed by atoms with Crippen molar-refractivity contribution in [2.45, 2.75) is 24.3 Å². The maximum absolute atomic E-state index is 13.5. The van der Waals surface area contributed by atoms with E-state index in [9.17, 15) is 22.7 Å². The third kappa shape index (κ3) is 4.21.